The molecule has 18 heavy (non-hydrogen) atoms. The van der Waals surface area contributed by atoms with Gasteiger partial charge in [0.25, 0.3) is 11.5 Å². The number of aryl methyl sites for hydroxylation is 1. The van der Waals surface area contributed by atoms with Gasteiger partial charge >= 0.3 is 0 Å². The summed E-state index contributed by atoms with van der Waals surface area (Å²) in [6, 6.07) is 1.24. The van der Waals surface area contributed by atoms with Crippen molar-refractivity contribution >= 4 is 32.6 Å². The zero-order valence-electron chi connectivity index (χ0n) is 10.4. The van der Waals surface area contributed by atoms with Crippen molar-refractivity contribution < 1.29 is 9.00 Å². The molecule has 0 radical (unpaired) electrons. The van der Waals surface area contributed by atoms with E-state index < -0.39 is 22.3 Å². The fourth-order valence-corrected chi connectivity index (χ4v) is 2.58. The van der Waals surface area contributed by atoms with Crippen LogP contribution in [0.15, 0.2) is 15.3 Å². The van der Waals surface area contributed by atoms with Gasteiger partial charge in [0.2, 0.25) is 0 Å². The van der Waals surface area contributed by atoms with Crippen molar-refractivity contribution in [1.82, 2.24) is 10.3 Å². The topological polar surface area (TPSA) is 79.0 Å². The third kappa shape index (κ3) is 4.06. The number of nitrogens with one attached hydrogen (secondary N) is 2. The minimum atomic E-state index is -0.992. The maximum Gasteiger partial charge on any atom is 0.261 e. The molecule has 5 nitrogen and oxygen atoms in total. The maximum absolute atomic E-state index is 11.9. The van der Waals surface area contributed by atoms with Crippen LogP contribution in [0.4, 0.5) is 0 Å². The third-order valence-electron chi connectivity index (χ3n) is 2.28. The van der Waals surface area contributed by atoms with Crippen molar-refractivity contribution in [2.45, 2.75) is 19.9 Å². The van der Waals surface area contributed by atoms with E-state index in [1.54, 1.807) is 20.1 Å². The molecule has 1 amide bonds. The number of H-pyrrole nitrogens is 1. The Balaban J connectivity index is 2.88. The standard InChI is InChI=1S/C11H15BrN2O3S/c1-6(5-18(3)17)13-10(15)8-4-9(12)7(2)14-11(8)16/h4,6H,5H2,1-3H3,(H,13,15)(H,14,16)/t6-,18-/m0/s1. The van der Waals surface area contributed by atoms with Gasteiger partial charge < -0.3 is 10.3 Å². The van der Waals surface area contributed by atoms with Crippen molar-refractivity contribution in [1.29, 1.82) is 0 Å². The Kier molecular flexibility index (Phi) is 5.28. The quantitative estimate of drug-likeness (QED) is 0.860. The van der Waals surface area contributed by atoms with Gasteiger partial charge in [0.1, 0.15) is 5.56 Å². The number of hydrogen-bond acceptors (Lipinski definition) is 3. The first-order chi connectivity index (χ1) is 8.31. The lowest BCUT2D eigenvalue weighted by Crippen LogP contribution is -2.38. The Morgan fingerprint density at radius 3 is 2.78 bits per heavy atom. The lowest BCUT2D eigenvalue weighted by Gasteiger charge is -2.12. The lowest BCUT2D eigenvalue weighted by atomic mass is 10.2. The first-order valence-electron chi connectivity index (χ1n) is 5.31. The van der Waals surface area contributed by atoms with Gasteiger partial charge in [0, 0.05) is 39.0 Å². The van der Waals surface area contributed by atoms with Crippen LogP contribution in [-0.4, -0.2) is 33.2 Å². The summed E-state index contributed by atoms with van der Waals surface area (Å²) in [5, 5.41) is 2.64. The SMILES string of the molecule is Cc1[nH]c(=O)c(C(=O)N[C@@H](C)C[S@](C)=O)cc1Br. The van der Waals surface area contributed by atoms with E-state index in [0.717, 1.165) is 0 Å². The van der Waals surface area contributed by atoms with E-state index in [1.165, 1.54) is 6.07 Å². The first kappa shape index (κ1) is 15.1. The Hall–Kier alpha value is -0.950. The number of rotatable bonds is 4. The second-order valence-corrected chi connectivity index (χ2v) is 6.43. The molecule has 2 atom stereocenters. The van der Waals surface area contributed by atoms with Gasteiger partial charge in [-0.3, -0.25) is 13.8 Å². The average molecular weight is 335 g/mol. The Morgan fingerprint density at radius 2 is 2.22 bits per heavy atom. The van der Waals surface area contributed by atoms with Crippen molar-refractivity contribution in [3.8, 4) is 0 Å². The van der Waals surface area contributed by atoms with Gasteiger partial charge in [-0.1, -0.05) is 0 Å². The minimum Gasteiger partial charge on any atom is -0.348 e. The van der Waals surface area contributed by atoms with Crippen molar-refractivity contribution in [3.63, 3.8) is 0 Å². The first-order valence-corrected chi connectivity index (χ1v) is 7.83. The summed E-state index contributed by atoms with van der Waals surface area (Å²) in [5.74, 6) is -0.105. The fourth-order valence-electron chi connectivity index (χ4n) is 1.46. The van der Waals surface area contributed by atoms with Crippen LogP contribution in [0.2, 0.25) is 0 Å². The molecule has 0 spiro atoms. The van der Waals surface area contributed by atoms with E-state index in [1.807, 2.05) is 0 Å². The predicted molar refractivity (Wildman–Crippen MR) is 75.4 cm³/mol. The molecule has 0 aliphatic rings. The van der Waals surface area contributed by atoms with Gasteiger partial charge in [-0.15, -0.1) is 0 Å². The summed E-state index contributed by atoms with van der Waals surface area (Å²) in [7, 11) is -0.992. The molecule has 0 aliphatic heterocycles. The zero-order valence-corrected chi connectivity index (χ0v) is 12.8. The highest BCUT2D eigenvalue weighted by atomic mass is 79.9. The number of pyridine rings is 1. The van der Waals surface area contributed by atoms with Crippen LogP contribution in [0.25, 0.3) is 0 Å². The van der Waals surface area contributed by atoms with Gasteiger partial charge in [-0.25, -0.2) is 0 Å². The summed E-state index contributed by atoms with van der Waals surface area (Å²) >= 11 is 3.26. The fraction of sp³-hybridized carbons (Fsp3) is 0.455. The van der Waals surface area contributed by atoms with E-state index in [4.69, 9.17) is 0 Å². The molecule has 0 aromatic carbocycles. The number of halogens is 1. The third-order valence-corrected chi connectivity index (χ3v) is 4.07. The summed E-state index contributed by atoms with van der Waals surface area (Å²) in [6.07, 6.45) is 1.57. The molecule has 7 heteroatoms. The molecule has 0 aliphatic carbocycles. The van der Waals surface area contributed by atoms with Crippen molar-refractivity contribution in [2.24, 2.45) is 0 Å². The van der Waals surface area contributed by atoms with Crippen molar-refractivity contribution in [2.75, 3.05) is 12.0 Å². The zero-order chi connectivity index (χ0) is 13.9. The number of aromatic nitrogens is 1. The maximum atomic E-state index is 11.9. The molecular formula is C11H15BrN2O3S. The smallest absolute Gasteiger partial charge is 0.261 e. The van der Waals surface area contributed by atoms with Crippen LogP contribution in [0.1, 0.15) is 23.0 Å². The Morgan fingerprint density at radius 1 is 1.61 bits per heavy atom. The lowest BCUT2D eigenvalue weighted by molar-refractivity contribution is 0.0942. The van der Waals surface area contributed by atoms with Crippen LogP contribution >= 0.6 is 15.9 Å². The van der Waals surface area contributed by atoms with Crippen LogP contribution in [0.5, 0.6) is 0 Å². The van der Waals surface area contributed by atoms with E-state index in [0.29, 0.717) is 15.9 Å². The number of amides is 1. The molecule has 1 aromatic heterocycles. The molecule has 2 N–H and O–H groups in total. The molecule has 0 unspecified atom stereocenters. The number of carbonyl (C=O) groups excluding carboxylic acids is 1. The highest BCUT2D eigenvalue weighted by Crippen LogP contribution is 2.12. The van der Waals surface area contributed by atoms with Gasteiger partial charge in [0.15, 0.2) is 0 Å². The second-order valence-electron chi connectivity index (χ2n) is 4.10. The van der Waals surface area contributed by atoms with Gasteiger partial charge in [-0.05, 0) is 35.8 Å². The number of carbonyl (C=O) groups is 1. The van der Waals surface area contributed by atoms with E-state index >= 15 is 0 Å². The number of aromatic amines is 1. The molecule has 0 fully saturated rings. The van der Waals surface area contributed by atoms with Gasteiger partial charge in [0.05, 0.1) is 0 Å². The van der Waals surface area contributed by atoms with E-state index in [2.05, 4.69) is 26.2 Å². The molecule has 1 heterocycles. The van der Waals surface area contributed by atoms with E-state index in [9.17, 15) is 13.8 Å². The molecule has 1 aromatic rings. The van der Waals surface area contributed by atoms with E-state index in [-0.39, 0.29) is 11.6 Å². The van der Waals surface area contributed by atoms with Crippen LogP contribution < -0.4 is 10.9 Å². The molecular weight excluding hydrogens is 320 g/mol. The molecule has 0 bridgehead atoms. The second kappa shape index (κ2) is 6.29. The Labute approximate surface area is 116 Å². The normalized spacial score (nSPS) is 14.0. The van der Waals surface area contributed by atoms with Crippen molar-refractivity contribution in [3.05, 3.63) is 32.2 Å². The summed E-state index contributed by atoms with van der Waals surface area (Å²) in [6.45, 7) is 3.48. The number of hydrogen-bond donors (Lipinski definition) is 2. The predicted octanol–water partition coefficient (Wildman–Crippen LogP) is 0.943. The molecule has 0 saturated carbocycles. The molecule has 0 saturated heterocycles. The summed E-state index contributed by atoms with van der Waals surface area (Å²) < 4.78 is 11.7. The largest absolute Gasteiger partial charge is 0.348 e. The van der Waals surface area contributed by atoms with Crippen LogP contribution in [-0.2, 0) is 10.8 Å². The van der Waals surface area contributed by atoms with Gasteiger partial charge in [-0.2, -0.15) is 0 Å². The van der Waals surface area contributed by atoms with Crippen LogP contribution in [0, 0.1) is 6.92 Å². The minimum absolute atomic E-state index is 0.0428. The average Bonchev–Trinajstić information content (AvgIpc) is 2.21. The highest BCUT2D eigenvalue weighted by Gasteiger charge is 2.15. The van der Waals surface area contributed by atoms with Crippen LogP contribution in [0.3, 0.4) is 0 Å². The monoisotopic (exact) mass is 334 g/mol. The molecule has 100 valence electrons. The highest BCUT2D eigenvalue weighted by molar-refractivity contribution is 9.10. The summed E-state index contributed by atoms with van der Waals surface area (Å²) in [5.41, 5.74) is 0.276. The Bertz CT molecular complexity index is 542. The molecule has 1 rings (SSSR count). The summed E-state index contributed by atoms with van der Waals surface area (Å²) in [4.78, 5) is 26.1.